The average Bonchev–Trinajstić information content (AvgIpc) is 2.43. The Morgan fingerprint density at radius 1 is 1.26 bits per heavy atom. The molecule has 0 bridgehead atoms. The van der Waals surface area contributed by atoms with Gasteiger partial charge in [0.25, 0.3) is 0 Å². The maximum Gasteiger partial charge on any atom is 0.0304 e. The fourth-order valence-corrected chi connectivity index (χ4v) is 3.22. The van der Waals surface area contributed by atoms with Crippen LogP contribution in [-0.2, 0) is 0 Å². The molecule has 1 N–H and O–H groups in total. The predicted octanol–water partition coefficient (Wildman–Crippen LogP) is 2.57. The SMILES string of the molecule is CCC1CNC(CC)(CC)CN1C(C)CCN(C)C. The number of hydrogen-bond acceptors (Lipinski definition) is 3. The minimum absolute atomic E-state index is 0.345. The molecule has 1 heterocycles. The molecule has 1 aliphatic heterocycles. The Balaban J connectivity index is 2.68. The predicted molar refractivity (Wildman–Crippen MR) is 84.7 cm³/mol. The lowest BCUT2D eigenvalue weighted by molar-refractivity contribution is 0.0356. The molecule has 2 atom stereocenters. The highest BCUT2D eigenvalue weighted by Crippen LogP contribution is 2.26. The lowest BCUT2D eigenvalue weighted by atomic mass is 9.87. The van der Waals surface area contributed by atoms with E-state index in [2.05, 4.69) is 56.9 Å². The van der Waals surface area contributed by atoms with Crippen LogP contribution in [0, 0.1) is 0 Å². The summed E-state index contributed by atoms with van der Waals surface area (Å²) in [5.41, 5.74) is 0.345. The maximum absolute atomic E-state index is 3.83. The van der Waals surface area contributed by atoms with Crippen LogP contribution in [0.2, 0.25) is 0 Å². The number of rotatable bonds is 7. The van der Waals surface area contributed by atoms with Crippen molar-refractivity contribution in [3.8, 4) is 0 Å². The van der Waals surface area contributed by atoms with Crippen molar-refractivity contribution < 1.29 is 0 Å². The minimum Gasteiger partial charge on any atom is -0.309 e. The summed E-state index contributed by atoms with van der Waals surface area (Å²) in [6.45, 7) is 12.9. The summed E-state index contributed by atoms with van der Waals surface area (Å²) in [7, 11) is 4.34. The number of piperazine rings is 1. The van der Waals surface area contributed by atoms with E-state index in [0.717, 1.165) is 6.54 Å². The summed E-state index contributed by atoms with van der Waals surface area (Å²) in [4.78, 5) is 5.07. The normalized spacial score (nSPS) is 25.7. The third kappa shape index (κ3) is 4.44. The Kier molecular flexibility index (Phi) is 6.78. The molecule has 3 heteroatoms. The van der Waals surface area contributed by atoms with E-state index >= 15 is 0 Å². The molecule has 1 aliphatic rings. The van der Waals surface area contributed by atoms with Crippen molar-refractivity contribution in [2.45, 2.75) is 71.0 Å². The largest absolute Gasteiger partial charge is 0.309 e. The van der Waals surface area contributed by atoms with Gasteiger partial charge in [-0.3, -0.25) is 4.90 Å². The second-order valence-corrected chi connectivity index (χ2v) is 6.54. The van der Waals surface area contributed by atoms with Crippen molar-refractivity contribution in [2.24, 2.45) is 0 Å². The highest BCUT2D eigenvalue weighted by Gasteiger charge is 2.37. The summed E-state index contributed by atoms with van der Waals surface area (Å²) < 4.78 is 0. The first-order chi connectivity index (χ1) is 8.98. The van der Waals surface area contributed by atoms with Crippen molar-refractivity contribution in [3.05, 3.63) is 0 Å². The van der Waals surface area contributed by atoms with E-state index in [9.17, 15) is 0 Å². The van der Waals surface area contributed by atoms with Gasteiger partial charge in [0.15, 0.2) is 0 Å². The van der Waals surface area contributed by atoms with Gasteiger partial charge in [-0.1, -0.05) is 20.8 Å². The zero-order valence-corrected chi connectivity index (χ0v) is 14.0. The number of nitrogens with zero attached hydrogens (tertiary/aromatic N) is 2. The van der Waals surface area contributed by atoms with Gasteiger partial charge in [0, 0.05) is 30.7 Å². The second-order valence-electron chi connectivity index (χ2n) is 6.54. The summed E-state index contributed by atoms with van der Waals surface area (Å²) >= 11 is 0. The molecule has 2 unspecified atom stereocenters. The highest BCUT2D eigenvalue weighted by atomic mass is 15.3. The van der Waals surface area contributed by atoms with Crippen LogP contribution in [0.1, 0.15) is 53.4 Å². The van der Waals surface area contributed by atoms with E-state index < -0.39 is 0 Å². The molecule has 0 aromatic rings. The van der Waals surface area contributed by atoms with E-state index in [1.807, 2.05) is 0 Å². The van der Waals surface area contributed by atoms with E-state index in [4.69, 9.17) is 0 Å². The Morgan fingerprint density at radius 2 is 1.89 bits per heavy atom. The first kappa shape index (κ1) is 16.9. The van der Waals surface area contributed by atoms with Gasteiger partial charge in [-0.2, -0.15) is 0 Å². The number of nitrogens with one attached hydrogen (secondary N) is 1. The van der Waals surface area contributed by atoms with Crippen LogP contribution in [-0.4, -0.2) is 61.2 Å². The van der Waals surface area contributed by atoms with Gasteiger partial charge < -0.3 is 10.2 Å². The van der Waals surface area contributed by atoms with Gasteiger partial charge >= 0.3 is 0 Å². The third-order valence-electron chi connectivity index (χ3n) is 5.05. The molecule has 0 radical (unpaired) electrons. The first-order valence-electron chi connectivity index (χ1n) is 8.13. The summed E-state index contributed by atoms with van der Waals surface area (Å²) in [6, 6.07) is 1.40. The Morgan fingerprint density at radius 3 is 2.37 bits per heavy atom. The molecular formula is C16H35N3. The average molecular weight is 269 g/mol. The van der Waals surface area contributed by atoms with Gasteiger partial charge in [-0.25, -0.2) is 0 Å². The minimum atomic E-state index is 0.345. The quantitative estimate of drug-likeness (QED) is 0.766. The summed E-state index contributed by atoms with van der Waals surface area (Å²) in [5, 5.41) is 3.83. The van der Waals surface area contributed by atoms with E-state index in [0.29, 0.717) is 17.6 Å². The standard InChI is InChI=1S/C16H35N3/c1-7-15-12-17-16(8-2,9-3)13-19(15)14(4)10-11-18(5)6/h14-15,17H,7-13H2,1-6H3. The van der Waals surface area contributed by atoms with Crippen LogP contribution in [0.4, 0.5) is 0 Å². The lowest BCUT2D eigenvalue weighted by Crippen LogP contribution is -2.65. The summed E-state index contributed by atoms with van der Waals surface area (Å²) in [6.07, 6.45) is 4.99. The molecule has 0 spiro atoms. The molecule has 0 aromatic carbocycles. The van der Waals surface area contributed by atoms with Gasteiger partial charge in [0.2, 0.25) is 0 Å². The molecule has 114 valence electrons. The molecule has 0 amide bonds. The molecule has 0 aromatic heterocycles. The van der Waals surface area contributed by atoms with Crippen LogP contribution in [0.25, 0.3) is 0 Å². The van der Waals surface area contributed by atoms with Gasteiger partial charge in [0.1, 0.15) is 0 Å². The van der Waals surface area contributed by atoms with Crippen LogP contribution in [0.5, 0.6) is 0 Å². The van der Waals surface area contributed by atoms with Crippen LogP contribution >= 0.6 is 0 Å². The van der Waals surface area contributed by atoms with Crippen molar-refractivity contribution in [1.82, 2.24) is 15.1 Å². The van der Waals surface area contributed by atoms with Crippen molar-refractivity contribution >= 4 is 0 Å². The van der Waals surface area contributed by atoms with Gasteiger partial charge in [-0.05, 0) is 53.2 Å². The molecule has 0 aliphatic carbocycles. The molecule has 1 saturated heterocycles. The molecule has 0 saturated carbocycles. The molecule has 3 nitrogen and oxygen atoms in total. The van der Waals surface area contributed by atoms with Crippen molar-refractivity contribution in [1.29, 1.82) is 0 Å². The van der Waals surface area contributed by atoms with Gasteiger partial charge in [-0.15, -0.1) is 0 Å². The second kappa shape index (κ2) is 7.61. The Labute approximate surface area is 120 Å². The smallest absolute Gasteiger partial charge is 0.0304 e. The van der Waals surface area contributed by atoms with Crippen LogP contribution in [0.3, 0.4) is 0 Å². The molecule has 19 heavy (non-hydrogen) atoms. The third-order valence-corrected chi connectivity index (χ3v) is 5.05. The maximum atomic E-state index is 3.83. The van der Waals surface area contributed by atoms with Gasteiger partial charge in [0.05, 0.1) is 0 Å². The molecule has 1 fully saturated rings. The van der Waals surface area contributed by atoms with E-state index in [1.165, 1.54) is 38.8 Å². The zero-order valence-electron chi connectivity index (χ0n) is 14.0. The monoisotopic (exact) mass is 269 g/mol. The van der Waals surface area contributed by atoms with Crippen molar-refractivity contribution in [3.63, 3.8) is 0 Å². The Hall–Kier alpha value is -0.120. The zero-order chi connectivity index (χ0) is 14.5. The van der Waals surface area contributed by atoms with Crippen LogP contribution < -0.4 is 5.32 Å². The Bertz CT molecular complexity index is 248. The van der Waals surface area contributed by atoms with Crippen molar-refractivity contribution in [2.75, 3.05) is 33.7 Å². The fourth-order valence-electron chi connectivity index (χ4n) is 3.22. The van der Waals surface area contributed by atoms with Crippen LogP contribution in [0.15, 0.2) is 0 Å². The molecular weight excluding hydrogens is 234 g/mol. The van der Waals surface area contributed by atoms with E-state index in [-0.39, 0.29) is 0 Å². The topological polar surface area (TPSA) is 18.5 Å². The molecule has 1 rings (SSSR count). The lowest BCUT2D eigenvalue weighted by Gasteiger charge is -2.50. The first-order valence-corrected chi connectivity index (χ1v) is 8.13. The number of hydrogen-bond donors (Lipinski definition) is 1. The fraction of sp³-hybridized carbons (Fsp3) is 1.00. The summed E-state index contributed by atoms with van der Waals surface area (Å²) in [5.74, 6) is 0. The highest BCUT2D eigenvalue weighted by molar-refractivity contribution is 4.97. The van der Waals surface area contributed by atoms with E-state index in [1.54, 1.807) is 0 Å².